The minimum absolute atomic E-state index is 0.00571. The van der Waals surface area contributed by atoms with Crippen LogP contribution < -0.4 is 0 Å². The summed E-state index contributed by atoms with van der Waals surface area (Å²) in [4.78, 5) is 0. The Morgan fingerprint density at radius 3 is 2.60 bits per heavy atom. The third-order valence-electron chi connectivity index (χ3n) is 2.83. The highest BCUT2D eigenvalue weighted by Gasteiger charge is 2.32. The lowest BCUT2D eigenvalue weighted by molar-refractivity contribution is 0.137. The SMILES string of the molecule is OC(c1ccc2ccccc2c1)C1CO1. The summed E-state index contributed by atoms with van der Waals surface area (Å²) in [5.74, 6) is 0. The number of hydrogen-bond donors (Lipinski definition) is 1. The zero-order chi connectivity index (χ0) is 10.3. The van der Waals surface area contributed by atoms with Crippen molar-refractivity contribution in [3.05, 3.63) is 48.0 Å². The van der Waals surface area contributed by atoms with Gasteiger partial charge in [-0.2, -0.15) is 0 Å². The van der Waals surface area contributed by atoms with Gasteiger partial charge in [0.2, 0.25) is 0 Å². The zero-order valence-corrected chi connectivity index (χ0v) is 8.26. The molecule has 2 heteroatoms. The Balaban J connectivity index is 2.05. The molecule has 15 heavy (non-hydrogen) atoms. The van der Waals surface area contributed by atoms with E-state index in [0.717, 1.165) is 10.9 Å². The molecule has 0 aromatic heterocycles. The predicted molar refractivity (Wildman–Crippen MR) is 58.6 cm³/mol. The molecule has 1 aliphatic heterocycles. The largest absolute Gasteiger partial charge is 0.386 e. The Hall–Kier alpha value is -1.38. The van der Waals surface area contributed by atoms with Crippen molar-refractivity contribution in [2.75, 3.05) is 6.61 Å². The highest BCUT2D eigenvalue weighted by Crippen LogP contribution is 2.29. The van der Waals surface area contributed by atoms with Crippen LogP contribution in [0.5, 0.6) is 0 Å². The molecule has 3 rings (SSSR count). The molecule has 0 aliphatic carbocycles. The van der Waals surface area contributed by atoms with Crippen LogP contribution >= 0.6 is 0 Å². The highest BCUT2D eigenvalue weighted by molar-refractivity contribution is 5.83. The number of benzene rings is 2. The number of fused-ring (bicyclic) bond motifs is 1. The van der Waals surface area contributed by atoms with Gasteiger partial charge in [0.05, 0.1) is 6.61 Å². The van der Waals surface area contributed by atoms with E-state index in [1.54, 1.807) is 0 Å². The third-order valence-corrected chi connectivity index (χ3v) is 2.83. The first kappa shape index (κ1) is 8.89. The zero-order valence-electron chi connectivity index (χ0n) is 8.26. The lowest BCUT2D eigenvalue weighted by atomic mass is 10.0. The van der Waals surface area contributed by atoms with Crippen molar-refractivity contribution in [2.45, 2.75) is 12.2 Å². The molecule has 1 saturated heterocycles. The average molecular weight is 200 g/mol. The van der Waals surface area contributed by atoms with Gasteiger partial charge in [-0.15, -0.1) is 0 Å². The number of aliphatic hydroxyl groups excluding tert-OH is 1. The topological polar surface area (TPSA) is 32.8 Å². The highest BCUT2D eigenvalue weighted by atomic mass is 16.6. The number of epoxide rings is 1. The number of aliphatic hydroxyl groups is 1. The molecule has 2 aromatic rings. The van der Waals surface area contributed by atoms with E-state index in [2.05, 4.69) is 12.1 Å². The third kappa shape index (κ3) is 1.62. The normalized spacial score (nSPS) is 21.5. The van der Waals surface area contributed by atoms with Crippen LogP contribution in [0, 0.1) is 0 Å². The average Bonchev–Trinajstić information content (AvgIpc) is 3.11. The number of ether oxygens (including phenoxy) is 1. The van der Waals surface area contributed by atoms with Crippen LogP contribution in [-0.4, -0.2) is 17.8 Å². The maximum atomic E-state index is 9.89. The van der Waals surface area contributed by atoms with Crippen LogP contribution in [0.15, 0.2) is 42.5 Å². The molecule has 0 saturated carbocycles. The van der Waals surface area contributed by atoms with Crippen molar-refractivity contribution in [2.24, 2.45) is 0 Å². The fourth-order valence-corrected chi connectivity index (χ4v) is 1.84. The minimum atomic E-state index is -0.477. The molecule has 2 atom stereocenters. The summed E-state index contributed by atoms with van der Waals surface area (Å²) in [6, 6.07) is 14.2. The van der Waals surface area contributed by atoms with E-state index in [-0.39, 0.29) is 6.10 Å². The second-order valence-corrected chi connectivity index (χ2v) is 3.92. The number of rotatable bonds is 2. The quantitative estimate of drug-likeness (QED) is 0.754. The first-order valence-corrected chi connectivity index (χ1v) is 5.13. The molecule has 0 spiro atoms. The van der Waals surface area contributed by atoms with Crippen LogP contribution in [0.3, 0.4) is 0 Å². The van der Waals surface area contributed by atoms with Gasteiger partial charge in [-0.25, -0.2) is 0 Å². The summed E-state index contributed by atoms with van der Waals surface area (Å²) in [6.07, 6.45) is -0.472. The minimum Gasteiger partial charge on any atom is -0.386 e. The summed E-state index contributed by atoms with van der Waals surface area (Å²) in [5, 5.41) is 12.3. The molecule has 1 fully saturated rings. The Morgan fingerprint density at radius 1 is 1.13 bits per heavy atom. The van der Waals surface area contributed by atoms with Gasteiger partial charge in [0, 0.05) is 0 Å². The molecule has 0 bridgehead atoms. The van der Waals surface area contributed by atoms with Crippen molar-refractivity contribution < 1.29 is 9.84 Å². The molecule has 0 radical (unpaired) electrons. The second kappa shape index (κ2) is 3.33. The Kier molecular flexibility index (Phi) is 1.97. The summed E-state index contributed by atoms with van der Waals surface area (Å²) >= 11 is 0. The van der Waals surface area contributed by atoms with Crippen LogP contribution in [0.2, 0.25) is 0 Å². The standard InChI is InChI=1S/C13H12O2/c14-13(12-8-15-12)11-6-5-9-3-1-2-4-10(9)7-11/h1-7,12-14H,8H2. The van der Waals surface area contributed by atoms with Gasteiger partial charge in [0.15, 0.2) is 0 Å². The Bertz CT molecular complexity index is 489. The first-order chi connectivity index (χ1) is 7.34. The van der Waals surface area contributed by atoms with E-state index in [9.17, 15) is 5.11 Å². The molecule has 0 amide bonds. The van der Waals surface area contributed by atoms with Gasteiger partial charge in [-0.05, 0) is 22.4 Å². The lowest BCUT2D eigenvalue weighted by Crippen LogP contribution is -2.04. The molecule has 2 nitrogen and oxygen atoms in total. The van der Waals surface area contributed by atoms with Crippen molar-refractivity contribution in [3.63, 3.8) is 0 Å². The summed E-state index contributed by atoms with van der Waals surface area (Å²) in [5.41, 5.74) is 0.941. The maximum absolute atomic E-state index is 9.89. The molecule has 1 heterocycles. The van der Waals surface area contributed by atoms with Crippen LogP contribution in [-0.2, 0) is 4.74 Å². The fourth-order valence-electron chi connectivity index (χ4n) is 1.84. The van der Waals surface area contributed by atoms with Gasteiger partial charge in [-0.3, -0.25) is 0 Å². The van der Waals surface area contributed by atoms with Gasteiger partial charge >= 0.3 is 0 Å². The number of hydrogen-bond acceptors (Lipinski definition) is 2. The summed E-state index contributed by atoms with van der Waals surface area (Å²) < 4.78 is 5.09. The molecular formula is C13H12O2. The monoisotopic (exact) mass is 200 g/mol. The second-order valence-electron chi connectivity index (χ2n) is 3.92. The Morgan fingerprint density at radius 2 is 1.87 bits per heavy atom. The van der Waals surface area contributed by atoms with E-state index in [1.807, 2.05) is 30.3 Å². The summed E-state index contributed by atoms with van der Waals surface area (Å²) in [7, 11) is 0. The fraction of sp³-hybridized carbons (Fsp3) is 0.231. The van der Waals surface area contributed by atoms with Gasteiger partial charge in [0.25, 0.3) is 0 Å². The summed E-state index contributed by atoms with van der Waals surface area (Å²) in [6.45, 7) is 0.675. The van der Waals surface area contributed by atoms with Crippen molar-refractivity contribution >= 4 is 10.8 Å². The maximum Gasteiger partial charge on any atom is 0.111 e. The molecule has 2 aromatic carbocycles. The molecule has 2 unspecified atom stereocenters. The van der Waals surface area contributed by atoms with E-state index >= 15 is 0 Å². The Labute approximate surface area is 88.1 Å². The van der Waals surface area contributed by atoms with E-state index in [4.69, 9.17) is 4.74 Å². The van der Waals surface area contributed by atoms with Crippen LogP contribution in [0.4, 0.5) is 0 Å². The molecule has 1 aliphatic rings. The van der Waals surface area contributed by atoms with Crippen LogP contribution in [0.1, 0.15) is 11.7 Å². The smallest absolute Gasteiger partial charge is 0.111 e. The van der Waals surface area contributed by atoms with Crippen molar-refractivity contribution in [3.8, 4) is 0 Å². The van der Waals surface area contributed by atoms with E-state index < -0.39 is 6.10 Å². The van der Waals surface area contributed by atoms with Gasteiger partial charge in [0.1, 0.15) is 12.2 Å². The van der Waals surface area contributed by atoms with Gasteiger partial charge < -0.3 is 9.84 Å². The van der Waals surface area contributed by atoms with Gasteiger partial charge in [-0.1, -0.05) is 36.4 Å². The lowest BCUT2D eigenvalue weighted by Gasteiger charge is -2.08. The predicted octanol–water partition coefficient (Wildman–Crippen LogP) is 2.27. The van der Waals surface area contributed by atoms with Crippen LogP contribution in [0.25, 0.3) is 10.8 Å². The molecule has 1 N–H and O–H groups in total. The van der Waals surface area contributed by atoms with E-state index in [1.165, 1.54) is 5.39 Å². The van der Waals surface area contributed by atoms with Crippen molar-refractivity contribution in [1.29, 1.82) is 0 Å². The molecular weight excluding hydrogens is 188 g/mol. The van der Waals surface area contributed by atoms with Crippen molar-refractivity contribution in [1.82, 2.24) is 0 Å². The first-order valence-electron chi connectivity index (χ1n) is 5.13. The molecule has 76 valence electrons. The van der Waals surface area contributed by atoms with E-state index in [0.29, 0.717) is 6.61 Å².